The predicted molar refractivity (Wildman–Crippen MR) is 54.0 cm³/mol. The van der Waals surface area contributed by atoms with Crippen molar-refractivity contribution in [1.82, 2.24) is 0 Å². The van der Waals surface area contributed by atoms with Crippen LogP contribution in [0, 0.1) is 11.8 Å². The molecule has 72 valence electrons. The van der Waals surface area contributed by atoms with Crippen LogP contribution in [0.5, 0.6) is 0 Å². The molecular formula is C11H23N. The second-order valence-corrected chi connectivity index (χ2v) is 4.44. The Morgan fingerprint density at radius 3 is 2.42 bits per heavy atom. The van der Waals surface area contributed by atoms with Crippen LogP contribution in [0.3, 0.4) is 0 Å². The minimum absolute atomic E-state index is 0.457. The predicted octanol–water partition coefficient (Wildman–Crippen LogP) is 2.94. The Morgan fingerprint density at radius 1 is 1.33 bits per heavy atom. The molecule has 1 nitrogen and oxygen atoms in total. The molecule has 0 spiro atoms. The van der Waals surface area contributed by atoms with E-state index in [1.165, 1.54) is 38.5 Å². The maximum Gasteiger partial charge on any atom is 0.00670 e. The summed E-state index contributed by atoms with van der Waals surface area (Å²) < 4.78 is 0. The monoisotopic (exact) mass is 169 g/mol. The van der Waals surface area contributed by atoms with Crippen LogP contribution in [-0.2, 0) is 0 Å². The Balaban J connectivity index is 2.19. The molecule has 0 heterocycles. The van der Waals surface area contributed by atoms with E-state index in [4.69, 9.17) is 5.73 Å². The van der Waals surface area contributed by atoms with Gasteiger partial charge < -0.3 is 5.73 Å². The molecule has 0 bridgehead atoms. The highest BCUT2D eigenvalue weighted by Crippen LogP contribution is 2.29. The first-order valence-corrected chi connectivity index (χ1v) is 5.49. The fourth-order valence-electron chi connectivity index (χ4n) is 2.17. The first kappa shape index (κ1) is 10.0. The summed E-state index contributed by atoms with van der Waals surface area (Å²) in [5, 5.41) is 0. The van der Waals surface area contributed by atoms with Crippen molar-refractivity contribution in [1.29, 1.82) is 0 Å². The standard InChI is InChI=1S/C11H23N/c1-3-9(2)11(12)8-10-6-4-5-7-10/h9-11H,3-8,12H2,1-2H3. The first-order chi connectivity index (χ1) is 5.74. The van der Waals surface area contributed by atoms with E-state index in [9.17, 15) is 0 Å². The van der Waals surface area contributed by atoms with Gasteiger partial charge in [-0.1, -0.05) is 46.0 Å². The Bertz CT molecular complexity index is 116. The molecule has 1 saturated carbocycles. The maximum absolute atomic E-state index is 6.11. The van der Waals surface area contributed by atoms with E-state index in [1.807, 2.05) is 0 Å². The summed E-state index contributed by atoms with van der Waals surface area (Å²) in [5.41, 5.74) is 6.11. The van der Waals surface area contributed by atoms with Gasteiger partial charge in [-0.15, -0.1) is 0 Å². The summed E-state index contributed by atoms with van der Waals surface area (Å²) in [6.07, 6.45) is 8.26. The van der Waals surface area contributed by atoms with Gasteiger partial charge >= 0.3 is 0 Å². The Hall–Kier alpha value is -0.0400. The number of rotatable bonds is 4. The highest BCUT2D eigenvalue weighted by atomic mass is 14.6. The molecule has 2 atom stereocenters. The SMILES string of the molecule is CCC(C)C(N)CC1CCCC1. The van der Waals surface area contributed by atoms with E-state index in [1.54, 1.807) is 0 Å². The van der Waals surface area contributed by atoms with Crippen molar-refractivity contribution in [2.45, 2.75) is 58.4 Å². The van der Waals surface area contributed by atoms with Crippen LogP contribution in [0.1, 0.15) is 52.4 Å². The fourth-order valence-corrected chi connectivity index (χ4v) is 2.17. The van der Waals surface area contributed by atoms with E-state index in [0.29, 0.717) is 12.0 Å². The summed E-state index contributed by atoms with van der Waals surface area (Å²) in [7, 11) is 0. The smallest absolute Gasteiger partial charge is 0.00670 e. The zero-order valence-electron chi connectivity index (χ0n) is 8.55. The van der Waals surface area contributed by atoms with Gasteiger partial charge in [0.25, 0.3) is 0 Å². The molecule has 0 aliphatic heterocycles. The second-order valence-electron chi connectivity index (χ2n) is 4.44. The van der Waals surface area contributed by atoms with Crippen LogP contribution < -0.4 is 5.73 Å². The molecule has 1 rings (SSSR count). The largest absolute Gasteiger partial charge is 0.327 e. The molecule has 1 heteroatoms. The molecule has 0 saturated heterocycles. The third kappa shape index (κ3) is 2.78. The van der Waals surface area contributed by atoms with Crippen molar-refractivity contribution < 1.29 is 0 Å². The van der Waals surface area contributed by atoms with Gasteiger partial charge in [-0.3, -0.25) is 0 Å². The zero-order valence-corrected chi connectivity index (χ0v) is 8.55. The lowest BCUT2D eigenvalue weighted by molar-refractivity contribution is 0.354. The minimum Gasteiger partial charge on any atom is -0.327 e. The molecule has 0 aromatic rings. The third-order valence-corrected chi connectivity index (χ3v) is 3.46. The third-order valence-electron chi connectivity index (χ3n) is 3.46. The van der Waals surface area contributed by atoms with Crippen LogP contribution >= 0.6 is 0 Å². The van der Waals surface area contributed by atoms with Crippen molar-refractivity contribution in [3.05, 3.63) is 0 Å². The quantitative estimate of drug-likeness (QED) is 0.688. The molecule has 0 aromatic carbocycles. The van der Waals surface area contributed by atoms with Crippen molar-refractivity contribution in [3.63, 3.8) is 0 Å². The lowest BCUT2D eigenvalue weighted by Gasteiger charge is -2.21. The average molecular weight is 169 g/mol. The van der Waals surface area contributed by atoms with Crippen LogP contribution in [0.15, 0.2) is 0 Å². The van der Waals surface area contributed by atoms with Gasteiger partial charge in [0.2, 0.25) is 0 Å². The van der Waals surface area contributed by atoms with Crippen molar-refractivity contribution in [2.24, 2.45) is 17.6 Å². The molecule has 1 aliphatic rings. The Labute approximate surface area is 76.7 Å². The van der Waals surface area contributed by atoms with Gasteiger partial charge in [0, 0.05) is 6.04 Å². The van der Waals surface area contributed by atoms with Crippen molar-refractivity contribution in [2.75, 3.05) is 0 Å². The Kier molecular flexibility index (Phi) is 4.07. The fraction of sp³-hybridized carbons (Fsp3) is 1.00. The van der Waals surface area contributed by atoms with Crippen LogP contribution in [0.4, 0.5) is 0 Å². The van der Waals surface area contributed by atoms with E-state index >= 15 is 0 Å². The van der Waals surface area contributed by atoms with Gasteiger partial charge in [0.15, 0.2) is 0 Å². The minimum atomic E-state index is 0.457. The Morgan fingerprint density at radius 2 is 1.92 bits per heavy atom. The lowest BCUT2D eigenvalue weighted by atomic mass is 9.90. The summed E-state index contributed by atoms with van der Waals surface area (Å²) in [4.78, 5) is 0. The van der Waals surface area contributed by atoms with Gasteiger partial charge in [-0.25, -0.2) is 0 Å². The molecular weight excluding hydrogens is 146 g/mol. The number of hydrogen-bond donors (Lipinski definition) is 1. The topological polar surface area (TPSA) is 26.0 Å². The molecule has 0 radical (unpaired) electrons. The van der Waals surface area contributed by atoms with E-state index in [-0.39, 0.29) is 0 Å². The van der Waals surface area contributed by atoms with Crippen molar-refractivity contribution >= 4 is 0 Å². The number of nitrogens with two attached hydrogens (primary N) is 1. The van der Waals surface area contributed by atoms with Gasteiger partial charge in [0.05, 0.1) is 0 Å². The first-order valence-electron chi connectivity index (χ1n) is 5.49. The van der Waals surface area contributed by atoms with Crippen LogP contribution in [-0.4, -0.2) is 6.04 Å². The molecule has 2 unspecified atom stereocenters. The molecule has 0 amide bonds. The van der Waals surface area contributed by atoms with Crippen LogP contribution in [0.2, 0.25) is 0 Å². The van der Waals surface area contributed by atoms with E-state index in [0.717, 1.165) is 5.92 Å². The van der Waals surface area contributed by atoms with Crippen LogP contribution in [0.25, 0.3) is 0 Å². The molecule has 1 aliphatic carbocycles. The lowest BCUT2D eigenvalue weighted by Crippen LogP contribution is -2.29. The van der Waals surface area contributed by atoms with Crippen molar-refractivity contribution in [3.8, 4) is 0 Å². The molecule has 2 N–H and O–H groups in total. The molecule has 1 fully saturated rings. The summed E-state index contributed by atoms with van der Waals surface area (Å²) >= 11 is 0. The summed E-state index contributed by atoms with van der Waals surface area (Å²) in [6.45, 7) is 4.51. The number of hydrogen-bond acceptors (Lipinski definition) is 1. The van der Waals surface area contributed by atoms with Gasteiger partial charge in [-0.05, 0) is 18.3 Å². The molecule has 0 aromatic heterocycles. The summed E-state index contributed by atoms with van der Waals surface area (Å²) in [5.74, 6) is 1.67. The van der Waals surface area contributed by atoms with Gasteiger partial charge in [-0.2, -0.15) is 0 Å². The normalized spacial score (nSPS) is 24.2. The van der Waals surface area contributed by atoms with E-state index < -0.39 is 0 Å². The highest BCUT2D eigenvalue weighted by molar-refractivity contribution is 4.76. The summed E-state index contributed by atoms with van der Waals surface area (Å²) in [6, 6.07) is 0.457. The maximum atomic E-state index is 6.11. The average Bonchev–Trinajstić information content (AvgIpc) is 2.55. The van der Waals surface area contributed by atoms with Gasteiger partial charge in [0.1, 0.15) is 0 Å². The second kappa shape index (κ2) is 4.86. The van der Waals surface area contributed by atoms with E-state index in [2.05, 4.69) is 13.8 Å². The zero-order chi connectivity index (χ0) is 8.97. The highest BCUT2D eigenvalue weighted by Gasteiger charge is 2.20. The molecule has 12 heavy (non-hydrogen) atoms.